The van der Waals surface area contributed by atoms with Crippen LogP contribution < -0.4 is 4.90 Å². The first-order chi connectivity index (χ1) is 19.3. The van der Waals surface area contributed by atoms with Gasteiger partial charge < -0.3 is 13.7 Å². The maximum Gasteiger partial charge on any atom is 0.135 e. The van der Waals surface area contributed by atoms with E-state index in [9.17, 15) is 0 Å². The Bertz CT molecular complexity index is 2140. The summed E-state index contributed by atoms with van der Waals surface area (Å²) in [6, 6.07) is 48.5. The SMILES string of the molecule is c1ccc(N(c2cccc(-c3ccc4oc5ccccc5c4c3)c2)c2ccc3oc4ccccc4c3c2)cc1. The van der Waals surface area contributed by atoms with Crippen LogP contribution in [0.1, 0.15) is 0 Å². The average molecular weight is 502 g/mol. The second kappa shape index (κ2) is 8.64. The molecule has 0 N–H and O–H groups in total. The molecule has 184 valence electrons. The lowest BCUT2D eigenvalue weighted by Gasteiger charge is -2.26. The lowest BCUT2D eigenvalue weighted by molar-refractivity contribution is 0.668. The largest absolute Gasteiger partial charge is 0.456 e. The van der Waals surface area contributed by atoms with Crippen LogP contribution in [0.2, 0.25) is 0 Å². The molecule has 0 aliphatic carbocycles. The molecule has 0 saturated carbocycles. The molecule has 0 saturated heterocycles. The number of rotatable bonds is 4. The van der Waals surface area contributed by atoms with Crippen LogP contribution in [0.25, 0.3) is 55.0 Å². The number of benzene rings is 6. The maximum absolute atomic E-state index is 6.11. The van der Waals surface area contributed by atoms with Crippen LogP contribution in [0.15, 0.2) is 148 Å². The molecule has 0 amide bonds. The van der Waals surface area contributed by atoms with E-state index in [1.807, 2.05) is 24.3 Å². The van der Waals surface area contributed by atoms with Gasteiger partial charge in [-0.1, -0.05) is 72.8 Å². The Morgan fingerprint density at radius 2 is 0.872 bits per heavy atom. The van der Waals surface area contributed by atoms with Gasteiger partial charge in [0.15, 0.2) is 0 Å². The number of anilines is 3. The summed E-state index contributed by atoms with van der Waals surface area (Å²) in [7, 11) is 0. The molecule has 8 rings (SSSR count). The molecule has 2 heterocycles. The Kier molecular flexibility index (Phi) is 4.82. The highest BCUT2D eigenvalue weighted by Crippen LogP contribution is 2.40. The van der Waals surface area contributed by atoms with Crippen molar-refractivity contribution in [2.75, 3.05) is 4.90 Å². The second-order valence-electron chi connectivity index (χ2n) is 9.81. The van der Waals surface area contributed by atoms with Crippen molar-refractivity contribution in [1.29, 1.82) is 0 Å². The number of nitrogens with zero attached hydrogens (tertiary/aromatic N) is 1. The van der Waals surface area contributed by atoms with Gasteiger partial charge in [0.1, 0.15) is 22.3 Å². The predicted molar refractivity (Wildman–Crippen MR) is 161 cm³/mol. The minimum absolute atomic E-state index is 0.891. The highest BCUT2D eigenvalue weighted by Gasteiger charge is 2.16. The van der Waals surface area contributed by atoms with Crippen molar-refractivity contribution in [3.63, 3.8) is 0 Å². The third-order valence-electron chi connectivity index (χ3n) is 7.45. The smallest absolute Gasteiger partial charge is 0.135 e. The van der Waals surface area contributed by atoms with E-state index in [0.717, 1.165) is 72.1 Å². The van der Waals surface area contributed by atoms with Gasteiger partial charge in [0.05, 0.1) is 0 Å². The van der Waals surface area contributed by atoms with E-state index < -0.39 is 0 Å². The normalized spacial score (nSPS) is 11.6. The Morgan fingerprint density at radius 1 is 0.333 bits per heavy atom. The van der Waals surface area contributed by atoms with Crippen LogP contribution in [0.5, 0.6) is 0 Å². The Hall–Kier alpha value is -5.28. The molecule has 0 spiro atoms. The van der Waals surface area contributed by atoms with Crippen molar-refractivity contribution in [3.05, 3.63) is 140 Å². The lowest BCUT2D eigenvalue weighted by atomic mass is 10.0. The standard InChI is InChI=1S/C36H23NO2/c1-2-10-26(11-3-1)37(28-18-20-36-32(23-28)30-14-5-7-16-34(30)39-36)27-12-8-9-24(21-27)25-17-19-35-31(22-25)29-13-4-6-15-33(29)38-35/h1-23H. The Labute approximate surface area is 225 Å². The summed E-state index contributed by atoms with van der Waals surface area (Å²) in [5.74, 6) is 0. The monoisotopic (exact) mass is 501 g/mol. The zero-order chi connectivity index (χ0) is 25.8. The first-order valence-corrected chi connectivity index (χ1v) is 13.1. The van der Waals surface area contributed by atoms with Crippen LogP contribution in [0.3, 0.4) is 0 Å². The molecule has 0 aliphatic rings. The second-order valence-corrected chi connectivity index (χ2v) is 9.81. The number of para-hydroxylation sites is 3. The fraction of sp³-hybridized carbons (Fsp3) is 0. The van der Waals surface area contributed by atoms with E-state index in [4.69, 9.17) is 8.83 Å². The van der Waals surface area contributed by atoms with Gasteiger partial charge in [-0.05, 0) is 77.9 Å². The van der Waals surface area contributed by atoms with Crippen LogP contribution in [0, 0.1) is 0 Å². The Balaban J connectivity index is 1.29. The van der Waals surface area contributed by atoms with E-state index in [2.05, 4.69) is 120 Å². The summed E-state index contributed by atoms with van der Waals surface area (Å²) in [5, 5.41) is 4.50. The summed E-state index contributed by atoms with van der Waals surface area (Å²) >= 11 is 0. The zero-order valence-corrected chi connectivity index (χ0v) is 21.0. The van der Waals surface area contributed by atoms with Gasteiger partial charge in [-0.3, -0.25) is 0 Å². The van der Waals surface area contributed by atoms with Crippen molar-refractivity contribution in [2.24, 2.45) is 0 Å². The number of hydrogen-bond donors (Lipinski definition) is 0. The molecular formula is C36H23NO2. The van der Waals surface area contributed by atoms with Crippen molar-refractivity contribution in [2.45, 2.75) is 0 Å². The van der Waals surface area contributed by atoms with Crippen LogP contribution in [-0.2, 0) is 0 Å². The summed E-state index contributed by atoms with van der Waals surface area (Å²) < 4.78 is 12.2. The van der Waals surface area contributed by atoms with Crippen LogP contribution in [-0.4, -0.2) is 0 Å². The van der Waals surface area contributed by atoms with Crippen molar-refractivity contribution < 1.29 is 8.83 Å². The number of hydrogen-bond acceptors (Lipinski definition) is 3. The van der Waals surface area contributed by atoms with E-state index in [1.54, 1.807) is 0 Å². The van der Waals surface area contributed by atoms with E-state index in [-0.39, 0.29) is 0 Å². The van der Waals surface area contributed by atoms with Gasteiger partial charge >= 0.3 is 0 Å². The summed E-state index contributed by atoms with van der Waals surface area (Å²) in [6.45, 7) is 0. The number of fused-ring (bicyclic) bond motifs is 6. The van der Waals surface area contributed by atoms with E-state index >= 15 is 0 Å². The summed E-state index contributed by atoms with van der Waals surface area (Å²) in [5.41, 5.74) is 9.17. The fourth-order valence-electron chi connectivity index (χ4n) is 5.61. The molecule has 0 bridgehead atoms. The van der Waals surface area contributed by atoms with Crippen molar-refractivity contribution >= 4 is 60.9 Å². The van der Waals surface area contributed by atoms with Gasteiger partial charge in [-0.15, -0.1) is 0 Å². The molecule has 0 aliphatic heterocycles. The molecule has 3 nitrogen and oxygen atoms in total. The molecule has 39 heavy (non-hydrogen) atoms. The van der Waals surface area contributed by atoms with Gasteiger partial charge in [0.25, 0.3) is 0 Å². The first kappa shape index (κ1) is 21.8. The highest BCUT2D eigenvalue weighted by molar-refractivity contribution is 6.07. The molecule has 0 radical (unpaired) electrons. The quantitative estimate of drug-likeness (QED) is 0.240. The predicted octanol–water partition coefficient (Wildman–Crippen LogP) is 10.6. The summed E-state index contributed by atoms with van der Waals surface area (Å²) in [6.07, 6.45) is 0. The van der Waals surface area contributed by atoms with Gasteiger partial charge in [0.2, 0.25) is 0 Å². The van der Waals surface area contributed by atoms with Crippen molar-refractivity contribution in [1.82, 2.24) is 0 Å². The molecule has 6 aromatic carbocycles. The fourth-order valence-corrected chi connectivity index (χ4v) is 5.61. The molecule has 3 heteroatoms. The van der Waals surface area contributed by atoms with Gasteiger partial charge in [0, 0.05) is 38.6 Å². The number of furan rings is 2. The minimum atomic E-state index is 0.891. The molecular weight excluding hydrogens is 478 g/mol. The zero-order valence-electron chi connectivity index (χ0n) is 21.0. The Morgan fingerprint density at radius 3 is 1.62 bits per heavy atom. The summed E-state index contributed by atoms with van der Waals surface area (Å²) in [4.78, 5) is 2.30. The third kappa shape index (κ3) is 3.59. The topological polar surface area (TPSA) is 29.5 Å². The average Bonchev–Trinajstić information content (AvgIpc) is 3.56. The molecule has 0 fully saturated rings. The van der Waals surface area contributed by atoms with Gasteiger partial charge in [-0.2, -0.15) is 0 Å². The highest BCUT2D eigenvalue weighted by atomic mass is 16.3. The van der Waals surface area contributed by atoms with Gasteiger partial charge in [-0.25, -0.2) is 0 Å². The maximum atomic E-state index is 6.11. The lowest BCUT2D eigenvalue weighted by Crippen LogP contribution is -2.09. The van der Waals surface area contributed by atoms with Crippen LogP contribution in [0.4, 0.5) is 17.1 Å². The third-order valence-corrected chi connectivity index (χ3v) is 7.45. The van der Waals surface area contributed by atoms with Crippen LogP contribution >= 0.6 is 0 Å². The molecule has 8 aromatic rings. The molecule has 2 aromatic heterocycles. The van der Waals surface area contributed by atoms with E-state index in [0.29, 0.717) is 0 Å². The first-order valence-electron chi connectivity index (χ1n) is 13.1. The minimum Gasteiger partial charge on any atom is -0.456 e. The molecule has 0 atom stereocenters. The van der Waals surface area contributed by atoms with E-state index in [1.165, 1.54) is 0 Å². The van der Waals surface area contributed by atoms with Crippen molar-refractivity contribution in [3.8, 4) is 11.1 Å². The molecule has 0 unspecified atom stereocenters.